The van der Waals surface area contributed by atoms with E-state index in [0.717, 1.165) is 27.6 Å². The van der Waals surface area contributed by atoms with E-state index in [1.54, 1.807) is 18.2 Å². The first kappa shape index (κ1) is 19.4. The molecule has 0 saturated heterocycles. The Morgan fingerprint density at radius 1 is 1.09 bits per heavy atom. The molecule has 0 aliphatic carbocycles. The topological polar surface area (TPSA) is 99.8 Å². The average molecular weight is 440 g/mol. The van der Waals surface area contributed by atoms with Crippen LogP contribution in [0.1, 0.15) is 21.6 Å². The summed E-state index contributed by atoms with van der Waals surface area (Å²) >= 11 is 0. The van der Waals surface area contributed by atoms with Crippen LogP contribution in [0.3, 0.4) is 0 Å². The lowest BCUT2D eigenvalue weighted by Gasteiger charge is -2.15. The first-order valence-corrected chi connectivity index (χ1v) is 10.5. The number of aromatic nitrogens is 2. The summed E-state index contributed by atoms with van der Waals surface area (Å²) in [5, 5.41) is 0.732. The highest BCUT2D eigenvalue weighted by Crippen LogP contribution is 2.39. The van der Waals surface area contributed by atoms with E-state index in [1.807, 2.05) is 48.5 Å². The van der Waals surface area contributed by atoms with Crippen LogP contribution < -0.4 is 19.9 Å². The maximum absolute atomic E-state index is 13.3. The molecule has 2 aromatic carbocycles. The minimum atomic E-state index is -0.126. The van der Waals surface area contributed by atoms with Crippen molar-refractivity contribution in [2.24, 2.45) is 0 Å². The van der Waals surface area contributed by atoms with Crippen LogP contribution in [0.4, 0.5) is 5.69 Å². The molecule has 8 nitrogen and oxygen atoms in total. The second-order valence-electron chi connectivity index (χ2n) is 7.96. The smallest absolute Gasteiger partial charge is 0.258 e. The zero-order valence-electron chi connectivity index (χ0n) is 17.9. The van der Waals surface area contributed by atoms with Crippen molar-refractivity contribution in [3.05, 3.63) is 71.5 Å². The minimum Gasteiger partial charge on any atom is -0.481 e. The van der Waals surface area contributed by atoms with Crippen LogP contribution in [0.25, 0.3) is 22.0 Å². The van der Waals surface area contributed by atoms with E-state index in [-0.39, 0.29) is 12.7 Å². The van der Waals surface area contributed by atoms with E-state index >= 15 is 0 Å². The number of hydrogen-bond acceptors (Lipinski definition) is 7. The van der Waals surface area contributed by atoms with Crippen LogP contribution in [0.5, 0.6) is 17.4 Å². The third-order valence-electron chi connectivity index (χ3n) is 6.04. The van der Waals surface area contributed by atoms with Gasteiger partial charge in [-0.15, -0.1) is 0 Å². The zero-order valence-corrected chi connectivity index (χ0v) is 17.9. The Bertz CT molecular complexity index is 1440. The predicted octanol–water partition coefficient (Wildman–Crippen LogP) is 3.77. The molecule has 2 N–H and O–H groups in total. The monoisotopic (exact) mass is 440 g/mol. The number of nitrogens with zero attached hydrogens (tertiary/aromatic N) is 3. The van der Waals surface area contributed by atoms with Crippen LogP contribution >= 0.6 is 0 Å². The molecule has 8 heteroatoms. The number of para-hydroxylation sites is 1. The molecule has 4 heterocycles. The highest BCUT2D eigenvalue weighted by atomic mass is 16.7. The van der Waals surface area contributed by atoms with Gasteiger partial charge in [-0.25, -0.2) is 9.97 Å². The number of amides is 1. The number of fused-ring (bicyclic) bond motifs is 3. The fourth-order valence-corrected chi connectivity index (χ4v) is 4.49. The molecule has 1 amide bonds. The molecule has 2 aromatic heterocycles. The molecule has 4 aromatic rings. The van der Waals surface area contributed by atoms with E-state index in [9.17, 15) is 4.79 Å². The molecule has 2 aliphatic heterocycles. The molecule has 0 bridgehead atoms. The molecular weight excluding hydrogens is 420 g/mol. The zero-order chi connectivity index (χ0) is 22.5. The summed E-state index contributed by atoms with van der Waals surface area (Å²) in [6.45, 7) is 1.01. The maximum Gasteiger partial charge on any atom is 0.258 e. The molecule has 6 rings (SSSR count). The summed E-state index contributed by atoms with van der Waals surface area (Å²) in [7, 11) is 1.59. The predicted molar refractivity (Wildman–Crippen MR) is 122 cm³/mol. The third kappa shape index (κ3) is 3.02. The van der Waals surface area contributed by atoms with E-state index in [4.69, 9.17) is 24.9 Å². The molecule has 0 spiro atoms. The number of methoxy groups -OCH3 is 1. The van der Waals surface area contributed by atoms with Gasteiger partial charge in [0.05, 0.1) is 36.1 Å². The van der Waals surface area contributed by atoms with Gasteiger partial charge in [0.1, 0.15) is 0 Å². The summed E-state index contributed by atoms with van der Waals surface area (Å²) in [5.41, 5.74) is 11.5. The van der Waals surface area contributed by atoms with E-state index in [0.29, 0.717) is 47.4 Å². The second kappa shape index (κ2) is 7.37. The molecule has 0 radical (unpaired) electrons. The molecule has 2 aliphatic rings. The molecule has 0 atom stereocenters. The van der Waals surface area contributed by atoms with Gasteiger partial charge < -0.3 is 24.8 Å². The molecule has 0 fully saturated rings. The quantitative estimate of drug-likeness (QED) is 0.516. The molecule has 164 valence electrons. The lowest BCUT2D eigenvalue weighted by molar-refractivity contribution is 0.0767. The lowest BCUT2D eigenvalue weighted by atomic mass is 10.00. The SMILES string of the molecule is COc1ncccc1-c1cccc2c(N)c3c(nc12)CN(Cc1ccc2c(c1)OCO2)C3=O. The summed E-state index contributed by atoms with van der Waals surface area (Å²) in [6, 6.07) is 15.2. The van der Waals surface area contributed by atoms with Crippen LogP contribution in [0, 0.1) is 0 Å². The number of ether oxygens (including phenoxy) is 3. The van der Waals surface area contributed by atoms with Gasteiger partial charge in [0, 0.05) is 29.3 Å². The van der Waals surface area contributed by atoms with E-state index in [2.05, 4.69) is 4.98 Å². The van der Waals surface area contributed by atoms with Gasteiger partial charge >= 0.3 is 0 Å². The number of rotatable bonds is 4. The Labute approximate surface area is 189 Å². The highest BCUT2D eigenvalue weighted by molar-refractivity contribution is 6.11. The van der Waals surface area contributed by atoms with Gasteiger partial charge in [-0.1, -0.05) is 24.3 Å². The Balaban J connectivity index is 1.41. The largest absolute Gasteiger partial charge is 0.481 e. The number of carbonyl (C=O) groups is 1. The van der Waals surface area contributed by atoms with Gasteiger partial charge in [-0.2, -0.15) is 0 Å². The summed E-state index contributed by atoms with van der Waals surface area (Å²) < 4.78 is 16.3. The van der Waals surface area contributed by atoms with Gasteiger partial charge in [0.15, 0.2) is 11.5 Å². The number of nitrogen functional groups attached to an aromatic ring is 1. The van der Waals surface area contributed by atoms with Gasteiger partial charge in [0.2, 0.25) is 12.7 Å². The molecule has 33 heavy (non-hydrogen) atoms. The Morgan fingerprint density at radius 2 is 1.94 bits per heavy atom. The Morgan fingerprint density at radius 3 is 2.82 bits per heavy atom. The average Bonchev–Trinajstić information content (AvgIpc) is 3.43. The highest BCUT2D eigenvalue weighted by Gasteiger charge is 2.33. The minimum absolute atomic E-state index is 0.126. The Hall–Kier alpha value is -4.33. The molecular formula is C25H20N4O4. The number of anilines is 1. The first-order chi connectivity index (χ1) is 16.1. The van der Waals surface area contributed by atoms with Crippen molar-refractivity contribution < 1.29 is 19.0 Å². The normalized spacial score (nSPS) is 14.1. The van der Waals surface area contributed by atoms with Crippen LogP contribution in [0.2, 0.25) is 0 Å². The second-order valence-corrected chi connectivity index (χ2v) is 7.96. The number of nitrogens with two attached hydrogens (primary N) is 1. The third-order valence-corrected chi connectivity index (χ3v) is 6.04. The summed E-state index contributed by atoms with van der Waals surface area (Å²) in [6.07, 6.45) is 1.68. The van der Waals surface area contributed by atoms with Crippen molar-refractivity contribution in [1.29, 1.82) is 0 Å². The van der Waals surface area contributed by atoms with Crippen molar-refractivity contribution in [2.45, 2.75) is 13.1 Å². The fraction of sp³-hybridized carbons (Fsp3) is 0.160. The van der Waals surface area contributed by atoms with Gasteiger partial charge in [0.25, 0.3) is 5.91 Å². The van der Waals surface area contributed by atoms with Gasteiger partial charge in [-0.05, 0) is 29.8 Å². The standard InChI is InChI=1S/C25H20N4O4/c1-31-24-16(6-3-9-27-24)15-4-2-5-17-22(26)21-18(28-23(15)17)12-29(25(21)30)11-14-7-8-19-20(10-14)33-13-32-19/h2-10H,11-13H2,1H3,(H2,26,28). The maximum atomic E-state index is 13.3. The van der Waals surface area contributed by atoms with Crippen molar-refractivity contribution in [2.75, 3.05) is 19.6 Å². The summed E-state index contributed by atoms with van der Waals surface area (Å²) in [5.74, 6) is 1.78. The fourth-order valence-electron chi connectivity index (χ4n) is 4.49. The van der Waals surface area contributed by atoms with Crippen LogP contribution in [0.15, 0.2) is 54.7 Å². The van der Waals surface area contributed by atoms with Crippen molar-refractivity contribution in [3.8, 4) is 28.5 Å². The van der Waals surface area contributed by atoms with Crippen LogP contribution in [-0.2, 0) is 13.1 Å². The molecule has 0 saturated carbocycles. The number of carbonyl (C=O) groups excluding carboxylic acids is 1. The van der Waals surface area contributed by atoms with Gasteiger partial charge in [-0.3, -0.25) is 4.79 Å². The van der Waals surface area contributed by atoms with Crippen molar-refractivity contribution in [1.82, 2.24) is 14.9 Å². The number of benzene rings is 2. The first-order valence-electron chi connectivity index (χ1n) is 10.5. The Kier molecular flexibility index (Phi) is 4.33. The summed E-state index contributed by atoms with van der Waals surface area (Å²) in [4.78, 5) is 24.2. The van der Waals surface area contributed by atoms with Crippen molar-refractivity contribution in [3.63, 3.8) is 0 Å². The van der Waals surface area contributed by atoms with Crippen molar-refractivity contribution >= 4 is 22.5 Å². The number of hydrogen-bond donors (Lipinski definition) is 1. The molecule has 0 unspecified atom stereocenters. The van der Waals surface area contributed by atoms with E-state index < -0.39 is 0 Å². The lowest BCUT2D eigenvalue weighted by Crippen LogP contribution is -2.23. The van der Waals surface area contributed by atoms with E-state index in [1.165, 1.54) is 0 Å². The van der Waals surface area contributed by atoms with Crippen LogP contribution in [-0.4, -0.2) is 34.7 Å². The number of pyridine rings is 2.